The molecule has 120 valence electrons. The van der Waals surface area contributed by atoms with Crippen molar-refractivity contribution in [3.63, 3.8) is 0 Å². The van der Waals surface area contributed by atoms with E-state index in [1.807, 2.05) is 17.5 Å². The largest absolute Gasteiger partial charge is 0.442 e. The van der Waals surface area contributed by atoms with Gasteiger partial charge in [-0.15, -0.1) is 11.3 Å². The summed E-state index contributed by atoms with van der Waals surface area (Å²) in [5.74, 6) is 0.611. The molecule has 22 heavy (non-hydrogen) atoms. The third kappa shape index (κ3) is 3.80. The summed E-state index contributed by atoms with van der Waals surface area (Å²) in [5.41, 5.74) is 0. The molecule has 6 heteroatoms. The summed E-state index contributed by atoms with van der Waals surface area (Å²) in [7, 11) is 0. The van der Waals surface area contributed by atoms with Gasteiger partial charge in [0.1, 0.15) is 11.1 Å². The molecule has 1 atom stereocenters. The van der Waals surface area contributed by atoms with Gasteiger partial charge in [-0.1, -0.05) is 19.3 Å². The van der Waals surface area contributed by atoms with E-state index >= 15 is 0 Å². The average molecular weight is 322 g/mol. The molecule has 1 unspecified atom stereocenters. The molecule has 3 rings (SSSR count). The quantitative estimate of drug-likeness (QED) is 0.906. The van der Waals surface area contributed by atoms with Gasteiger partial charge in [-0.25, -0.2) is 4.79 Å². The monoisotopic (exact) mass is 322 g/mol. The van der Waals surface area contributed by atoms with Crippen molar-refractivity contribution in [1.29, 1.82) is 0 Å². The lowest BCUT2D eigenvalue weighted by Crippen LogP contribution is -2.35. The molecule has 1 saturated heterocycles. The van der Waals surface area contributed by atoms with Gasteiger partial charge in [0.05, 0.1) is 13.1 Å². The Bertz CT molecular complexity index is 511. The van der Waals surface area contributed by atoms with E-state index < -0.39 is 0 Å². The third-order valence-electron chi connectivity index (χ3n) is 4.37. The number of thiophene rings is 1. The fourth-order valence-electron chi connectivity index (χ4n) is 3.18. The maximum Gasteiger partial charge on any atom is 0.415 e. The molecular formula is C16H22N2O3S. The molecule has 1 N–H and O–H groups in total. The van der Waals surface area contributed by atoms with Crippen molar-refractivity contribution in [2.45, 2.75) is 44.6 Å². The Morgan fingerprint density at radius 1 is 1.36 bits per heavy atom. The summed E-state index contributed by atoms with van der Waals surface area (Å²) in [6.45, 7) is 0.905. The molecule has 5 nitrogen and oxygen atoms in total. The predicted octanol–water partition coefficient (Wildman–Crippen LogP) is 3.16. The number of hydrogen-bond acceptors (Lipinski definition) is 4. The van der Waals surface area contributed by atoms with Crippen LogP contribution in [0.1, 0.15) is 38.5 Å². The number of cyclic esters (lactones) is 1. The second-order valence-corrected chi connectivity index (χ2v) is 7.01. The first kappa shape index (κ1) is 15.3. The summed E-state index contributed by atoms with van der Waals surface area (Å²) in [6.07, 6.45) is 6.14. The van der Waals surface area contributed by atoms with Gasteiger partial charge < -0.3 is 10.1 Å². The fraction of sp³-hybridized carbons (Fsp3) is 0.625. The molecule has 0 radical (unpaired) electrons. The number of amides is 2. The normalized spacial score (nSPS) is 22.6. The molecule has 1 aromatic rings. The summed E-state index contributed by atoms with van der Waals surface area (Å²) in [5, 5.41) is 5.74. The topological polar surface area (TPSA) is 58.6 Å². The van der Waals surface area contributed by atoms with Crippen LogP contribution in [0, 0.1) is 5.92 Å². The number of carbonyl (C=O) groups excluding carboxylic acids is 2. The molecule has 0 aromatic carbocycles. The van der Waals surface area contributed by atoms with Crippen LogP contribution in [0.3, 0.4) is 0 Å². The molecule has 1 aliphatic carbocycles. The minimum atomic E-state index is -0.325. The van der Waals surface area contributed by atoms with Gasteiger partial charge in [0, 0.05) is 6.42 Å². The first-order valence-electron chi connectivity index (χ1n) is 8.01. The smallest absolute Gasteiger partial charge is 0.415 e. The molecule has 1 aliphatic heterocycles. The fourth-order valence-corrected chi connectivity index (χ4v) is 3.91. The van der Waals surface area contributed by atoms with Crippen LogP contribution < -0.4 is 10.2 Å². The number of nitrogens with zero attached hydrogens (tertiary/aromatic N) is 1. The number of nitrogens with one attached hydrogen (secondary N) is 1. The highest BCUT2D eigenvalue weighted by molar-refractivity contribution is 7.14. The van der Waals surface area contributed by atoms with Crippen molar-refractivity contribution in [1.82, 2.24) is 5.32 Å². The molecule has 2 heterocycles. The van der Waals surface area contributed by atoms with Crippen LogP contribution in [-0.4, -0.2) is 31.2 Å². The van der Waals surface area contributed by atoms with Gasteiger partial charge >= 0.3 is 6.09 Å². The summed E-state index contributed by atoms with van der Waals surface area (Å²) in [6, 6.07) is 3.81. The molecular weight excluding hydrogens is 300 g/mol. The molecule has 1 aromatic heterocycles. The number of carbonyl (C=O) groups is 2. The number of anilines is 1. The van der Waals surface area contributed by atoms with Gasteiger partial charge in [0.2, 0.25) is 5.91 Å². The number of ether oxygens (including phenoxy) is 1. The Hall–Kier alpha value is -1.56. The predicted molar refractivity (Wildman–Crippen MR) is 86.1 cm³/mol. The Morgan fingerprint density at radius 2 is 2.18 bits per heavy atom. The molecule has 0 bridgehead atoms. The van der Waals surface area contributed by atoms with Gasteiger partial charge in [-0.3, -0.25) is 9.69 Å². The number of hydrogen-bond donors (Lipinski definition) is 1. The number of rotatable bonds is 5. The highest BCUT2D eigenvalue weighted by Crippen LogP contribution is 2.27. The first-order chi connectivity index (χ1) is 10.7. The summed E-state index contributed by atoms with van der Waals surface area (Å²) >= 11 is 1.51. The molecule has 0 spiro atoms. The van der Waals surface area contributed by atoms with Gasteiger partial charge in [-0.2, -0.15) is 0 Å². The van der Waals surface area contributed by atoms with Crippen LogP contribution in [0.25, 0.3) is 0 Å². The molecule has 2 fully saturated rings. The highest BCUT2D eigenvalue weighted by atomic mass is 32.1. The SMILES string of the molecule is O=C(CC1CCCCC1)NCC1CN(c2cccs2)C(=O)O1. The molecule has 2 amide bonds. The van der Waals surface area contributed by atoms with Crippen molar-refractivity contribution in [3.8, 4) is 0 Å². The van der Waals surface area contributed by atoms with E-state index in [2.05, 4.69) is 5.32 Å². The van der Waals surface area contributed by atoms with Crippen molar-refractivity contribution in [3.05, 3.63) is 17.5 Å². The van der Waals surface area contributed by atoms with Crippen LogP contribution >= 0.6 is 11.3 Å². The van der Waals surface area contributed by atoms with Gasteiger partial charge in [0.25, 0.3) is 0 Å². The van der Waals surface area contributed by atoms with Crippen molar-refractivity contribution >= 4 is 28.3 Å². The van der Waals surface area contributed by atoms with Crippen LogP contribution in [-0.2, 0) is 9.53 Å². The van der Waals surface area contributed by atoms with Crippen LogP contribution in [0.5, 0.6) is 0 Å². The Labute approximate surface area is 134 Å². The van der Waals surface area contributed by atoms with Gasteiger partial charge in [0.15, 0.2) is 0 Å². The van der Waals surface area contributed by atoms with Crippen molar-refractivity contribution in [2.75, 3.05) is 18.0 Å². The lowest BCUT2D eigenvalue weighted by Gasteiger charge is -2.21. The minimum Gasteiger partial charge on any atom is -0.442 e. The Morgan fingerprint density at radius 3 is 2.91 bits per heavy atom. The molecule has 2 aliphatic rings. The zero-order chi connectivity index (χ0) is 15.4. The second-order valence-electron chi connectivity index (χ2n) is 6.08. The van der Waals surface area contributed by atoms with Gasteiger partial charge in [-0.05, 0) is 36.3 Å². The maximum atomic E-state index is 12.0. The van der Waals surface area contributed by atoms with Crippen LogP contribution in [0.2, 0.25) is 0 Å². The standard InChI is InChI=1S/C16H22N2O3S/c19-14(9-12-5-2-1-3-6-12)17-10-13-11-18(16(20)21-13)15-7-4-8-22-15/h4,7-8,12-13H,1-3,5-6,9-11H2,(H,17,19). The second kappa shape index (κ2) is 7.13. The minimum absolute atomic E-state index is 0.0810. The van der Waals surface area contributed by atoms with Crippen LogP contribution in [0.4, 0.5) is 9.80 Å². The highest BCUT2D eigenvalue weighted by Gasteiger charge is 2.33. The van der Waals surface area contributed by atoms with Crippen molar-refractivity contribution in [2.24, 2.45) is 5.92 Å². The Balaban J connectivity index is 1.42. The van der Waals surface area contributed by atoms with E-state index in [-0.39, 0.29) is 18.1 Å². The van der Waals surface area contributed by atoms with E-state index in [1.165, 1.54) is 30.6 Å². The molecule has 1 saturated carbocycles. The van der Waals surface area contributed by atoms with Crippen LogP contribution in [0.15, 0.2) is 17.5 Å². The first-order valence-corrected chi connectivity index (χ1v) is 8.88. The van der Waals surface area contributed by atoms with E-state index in [1.54, 1.807) is 4.90 Å². The lowest BCUT2D eigenvalue weighted by atomic mass is 9.87. The van der Waals surface area contributed by atoms with E-state index in [9.17, 15) is 9.59 Å². The van der Waals surface area contributed by atoms with E-state index in [0.717, 1.165) is 17.8 Å². The lowest BCUT2D eigenvalue weighted by molar-refractivity contribution is -0.122. The van der Waals surface area contributed by atoms with E-state index in [4.69, 9.17) is 4.74 Å². The van der Waals surface area contributed by atoms with E-state index in [0.29, 0.717) is 25.4 Å². The summed E-state index contributed by atoms with van der Waals surface area (Å²) in [4.78, 5) is 25.5. The maximum absolute atomic E-state index is 12.0. The average Bonchev–Trinajstić information content (AvgIpc) is 3.15. The zero-order valence-corrected chi connectivity index (χ0v) is 13.4. The zero-order valence-electron chi connectivity index (χ0n) is 12.6. The Kier molecular flexibility index (Phi) is 4.97. The summed E-state index contributed by atoms with van der Waals surface area (Å²) < 4.78 is 5.32. The third-order valence-corrected chi connectivity index (χ3v) is 5.26. The van der Waals surface area contributed by atoms with Crippen molar-refractivity contribution < 1.29 is 14.3 Å².